The Morgan fingerprint density at radius 1 is 1.33 bits per heavy atom. The number of hydrogen-bond donors (Lipinski definition) is 2. The Bertz CT molecular complexity index is 768. The predicted octanol–water partition coefficient (Wildman–Crippen LogP) is 5.41. The fourth-order valence-corrected chi connectivity index (χ4v) is 3.32. The number of nitrogens with zero attached hydrogens (tertiary/aromatic N) is 2. The van der Waals surface area contributed by atoms with Crippen molar-refractivity contribution in [2.75, 3.05) is 19.7 Å². The second-order valence-electron chi connectivity index (χ2n) is 7.00. The van der Waals surface area contributed by atoms with Gasteiger partial charge in [-0.15, -0.1) is 0 Å². The number of aliphatic hydroxyl groups is 2. The van der Waals surface area contributed by atoms with E-state index < -0.39 is 6.10 Å². The number of rotatable bonds is 13. The average molecular weight is 433 g/mol. The highest BCUT2D eigenvalue weighted by molar-refractivity contribution is 6.31. The zero-order chi connectivity index (χ0) is 22.4. The third kappa shape index (κ3) is 9.04. The molecule has 1 aromatic rings. The Hall–Kier alpha value is -2.26. The summed E-state index contributed by atoms with van der Waals surface area (Å²) in [6, 6.07) is 7.24. The third-order valence-electron chi connectivity index (χ3n) is 4.63. The van der Waals surface area contributed by atoms with Gasteiger partial charge in [-0.2, -0.15) is 5.26 Å². The number of hydrogen-bond acceptors (Lipinski definition) is 5. The zero-order valence-corrected chi connectivity index (χ0v) is 18.8. The summed E-state index contributed by atoms with van der Waals surface area (Å²) < 4.78 is 5.67. The van der Waals surface area contributed by atoms with Gasteiger partial charge in [0.25, 0.3) is 0 Å². The summed E-state index contributed by atoms with van der Waals surface area (Å²) >= 11 is 6.02. The summed E-state index contributed by atoms with van der Waals surface area (Å²) in [4.78, 5) is 2.22. The van der Waals surface area contributed by atoms with Crippen molar-refractivity contribution in [1.82, 2.24) is 4.90 Å². The maximum absolute atomic E-state index is 10.5. The molecule has 2 N–H and O–H groups in total. The molecule has 0 aliphatic rings. The van der Waals surface area contributed by atoms with Crippen LogP contribution in [0.3, 0.4) is 0 Å². The van der Waals surface area contributed by atoms with Crippen LogP contribution < -0.4 is 4.74 Å². The van der Waals surface area contributed by atoms with Crippen LogP contribution in [-0.2, 0) is 0 Å². The molecule has 0 spiro atoms. The van der Waals surface area contributed by atoms with Crippen molar-refractivity contribution in [3.05, 3.63) is 64.9 Å². The van der Waals surface area contributed by atoms with Crippen LogP contribution in [0.15, 0.2) is 54.3 Å². The molecule has 1 rings (SSSR count). The molecule has 0 saturated heterocycles. The van der Waals surface area contributed by atoms with E-state index in [0.717, 1.165) is 19.4 Å². The Balaban J connectivity index is 2.73. The van der Waals surface area contributed by atoms with E-state index in [9.17, 15) is 15.5 Å². The van der Waals surface area contributed by atoms with Gasteiger partial charge in [-0.3, -0.25) is 4.90 Å². The molecular formula is C24H33ClN2O3. The topological polar surface area (TPSA) is 76.7 Å². The van der Waals surface area contributed by atoms with E-state index in [1.165, 1.54) is 0 Å². The quantitative estimate of drug-likeness (QED) is 0.322. The average Bonchev–Trinajstić information content (AvgIpc) is 2.73. The van der Waals surface area contributed by atoms with Gasteiger partial charge in [-0.05, 0) is 57.0 Å². The fourth-order valence-electron chi connectivity index (χ4n) is 3.12. The standard InChI is InChI=1S/C24H33ClN2O3/c1-4-7-8-10-20(28)14-13-19(6-3)27(15-5-2)17-21(29)18-30-24-12-9-11-23(25)22(24)16-26/h4,7-12,14,19,21,28-29H,5-6,13,15,17-18H2,1-3H3/b7-4-,10-8-,20-14-. The molecule has 0 saturated carbocycles. The van der Waals surface area contributed by atoms with Gasteiger partial charge >= 0.3 is 0 Å². The Morgan fingerprint density at radius 3 is 2.73 bits per heavy atom. The summed E-state index contributed by atoms with van der Waals surface area (Å²) in [6.45, 7) is 7.46. The molecule has 0 aromatic heterocycles. The summed E-state index contributed by atoms with van der Waals surface area (Å²) in [6.07, 6.45) is 10.8. The molecule has 30 heavy (non-hydrogen) atoms. The van der Waals surface area contributed by atoms with Crippen molar-refractivity contribution in [1.29, 1.82) is 5.26 Å². The van der Waals surface area contributed by atoms with Crippen LogP contribution in [0, 0.1) is 11.3 Å². The van der Waals surface area contributed by atoms with E-state index in [0.29, 0.717) is 23.7 Å². The minimum absolute atomic E-state index is 0.0683. The van der Waals surface area contributed by atoms with Gasteiger partial charge in [0.15, 0.2) is 0 Å². The first-order valence-corrected chi connectivity index (χ1v) is 10.8. The summed E-state index contributed by atoms with van der Waals surface area (Å²) in [7, 11) is 0. The molecular weight excluding hydrogens is 400 g/mol. The van der Waals surface area contributed by atoms with E-state index >= 15 is 0 Å². The van der Waals surface area contributed by atoms with E-state index in [2.05, 4.69) is 18.7 Å². The van der Waals surface area contributed by atoms with Crippen molar-refractivity contribution in [2.45, 2.75) is 52.2 Å². The fraction of sp³-hybridized carbons (Fsp3) is 0.458. The SMILES string of the molecule is C\C=C/C=C\C(O)=C\CC(CC)N(CCC)CC(O)COc1cccc(Cl)c1C#N. The Labute approximate surface area is 185 Å². The maximum Gasteiger partial charge on any atom is 0.138 e. The van der Waals surface area contributed by atoms with Crippen molar-refractivity contribution in [3.63, 3.8) is 0 Å². The number of nitriles is 1. The molecule has 0 fully saturated rings. The first-order valence-electron chi connectivity index (χ1n) is 10.4. The lowest BCUT2D eigenvalue weighted by atomic mass is 10.1. The van der Waals surface area contributed by atoms with Crippen LogP contribution in [0.5, 0.6) is 5.75 Å². The van der Waals surface area contributed by atoms with Crippen LogP contribution in [-0.4, -0.2) is 47.0 Å². The lowest BCUT2D eigenvalue weighted by Crippen LogP contribution is -2.42. The molecule has 2 unspecified atom stereocenters. The first kappa shape index (κ1) is 25.8. The molecule has 0 bridgehead atoms. The van der Waals surface area contributed by atoms with Crippen molar-refractivity contribution in [2.24, 2.45) is 0 Å². The van der Waals surface area contributed by atoms with Gasteiger partial charge in [-0.25, -0.2) is 0 Å². The van der Waals surface area contributed by atoms with Crippen LogP contribution in [0.4, 0.5) is 0 Å². The van der Waals surface area contributed by atoms with E-state index in [1.807, 2.05) is 31.2 Å². The van der Waals surface area contributed by atoms with Crippen molar-refractivity contribution in [3.8, 4) is 11.8 Å². The largest absolute Gasteiger partial charge is 0.508 e. The lowest BCUT2D eigenvalue weighted by molar-refractivity contribution is 0.0511. The highest BCUT2D eigenvalue weighted by atomic mass is 35.5. The van der Waals surface area contributed by atoms with Gasteiger partial charge in [0.05, 0.1) is 5.02 Å². The number of ether oxygens (including phenoxy) is 1. The normalized spacial score (nSPS) is 14.4. The molecule has 0 aliphatic heterocycles. The highest BCUT2D eigenvalue weighted by Crippen LogP contribution is 2.25. The van der Waals surface area contributed by atoms with Gasteiger partial charge in [0.2, 0.25) is 0 Å². The number of allylic oxidation sites excluding steroid dienone is 4. The predicted molar refractivity (Wildman–Crippen MR) is 123 cm³/mol. The van der Waals surface area contributed by atoms with Crippen molar-refractivity contribution < 1.29 is 14.9 Å². The van der Waals surface area contributed by atoms with E-state index in [1.54, 1.807) is 30.4 Å². The van der Waals surface area contributed by atoms with E-state index in [4.69, 9.17) is 16.3 Å². The molecule has 164 valence electrons. The number of benzene rings is 1. The van der Waals surface area contributed by atoms with Crippen molar-refractivity contribution >= 4 is 11.6 Å². The molecule has 0 amide bonds. The minimum atomic E-state index is -0.719. The van der Waals surface area contributed by atoms with Crippen LogP contribution in [0.1, 0.15) is 45.6 Å². The molecule has 5 nitrogen and oxygen atoms in total. The smallest absolute Gasteiger partial charge is 0.138 e. The number of aliphatic hydroxyl groups excluding tert-OH is 2. The molecule has 1 aromatic carbocycles. The Kier molecular flexibility index (Phi) is 12.6. The molecule has 0 heterocycles. The highest BCUT2D eigenvalue weighted by Gasteiger charge is 2.20. The van der Waals surface area contributed by atoms with Crippen LogP contribution in [0.2, 0.25) is 5.02 Å². The van der Waals surface area contributed by atoms with E-state index in [-0.39, 0.29) is 24.0 Å². The summed E-state index contributed by atoms with van der Waals surface area (Å²) in [5, 5.41) is 30.1. The lowest BCUT2D eigenvalue weighted by Gasteiger charge is -2.32. The molecule has 0 aliphatic carbocycles. The van der Waals surface area contributed by atoms with Gasteiger partial charge in [-0.1, -0.05) is 49.7 Å². The second kappa shape index (κ2) is 14.7. The molecule has 6 heteroatoms. The Morgan fingerprint density at radius 2 is 2.10 bits per heavy atom. The maximum atomic E-state index is 10.5. The monoisotopic (exact) mass is 432 g/mol. The third-order valence-corrected chi connectivity index (χ3v) is 4.95. The summed E-state index contributed by atoms with van der Waals surface area (Å²) in [5.74, 6) is 0.607. The number of halogens is 1. The van der Waals surface area contributed by atoms with Crippen LogP contribution in [0.25, 0.3) is 0 Å². The minimum Gasteiger partial charge on any atom is -0.508 e. The second-order valence-corrected chi connectivity index (χ2v) is 7.40. The first-order chi connectivity index (χ1) is 14.5. The molecule has 0 radical (unpaired) electrons. The zero-order valence-electron chi connectivity index (χ0n) is 18.1. The van der Waals surface area contributed by atoms with Gasteiger partial charge in [0.1, 0.15) is 35.9 Å². The van der Waals surface area contributed by atoms with Gasteiger partial charge < -0.3 is 14.9 Å². The molecule has 2 atom stereocenters. The van der Waals surface area contributed by atoms with Gasteiger partial charge in [0, 0.05) is 12.6 Å². The van der Waals surface area contributed by atoms with Crippen LogP contribution >= 0.6 is 11.6 Å². The summed E-state index contributed by atoms with van der Waals surface area (Å²) in [5.41, 5.74) is 0.273.